The van der Waals surface area contributed by atoms with Crippen molar-refractivity contribution in [2.75, 3.05) is 26.1 Å². The first-order valence-corrected chi connectivity index (χ1v) is 7.81. The molecule has 0 unspecified atom stereocenters. The number of anilines is 1. The van der Waals surface area contributed by atoms with Gasteiger partial charge in [0.2, 0.25) is 5.82 Å². The maximum Gasteiger partial charge on any atom is 0.451 e. The number of hydrogen-bond acceptors (Lipinski definition) is 5. The number of methoxy groups -OCH3 is 1. The van der Waals surface area contributed by atoms with E-state index in [1.807, 2.05) is 25.1 Å². The predicted octanol–water partition coefficient (Wildman–Crippen LogP) is 3.28. The Hall–Kier alpha value is -2.84. The van der Waals surface area contributed by atoms with Crippen LogP contribution in [0.2, 0.25) is 0 Å². The van der Waals surface area contributed by atoms with Crippen LogP contribution in [0.1, 0.15) is 17.0 Å². The normalized spacial score (nSPS) is 11.8. The maximum absolute atomic E-state index is 13.2. The van der Waals surface area contributed by atoms with Crippen molar-refractivity contribution in [3.63, 3.8) is 0 Å². The van der Waals surface area contributed by atoms with Gasteiger partial charge in [0.05, 0.1) is 20.0 Å². The van der Waals surface area contributed by atoms with Crippen molar-refractivity contribution in [2.24, 2.45) is 0 Å². The lowest BCUT2D eigenvalue weighted by Crippen LogP contribution is -2.18. The molecule has 6 nitrogen and oxygen atoms in total. The topological polar surface area (TPSA) is 56.1 Å². The number of aryl methyl sites for hydroxylation is 1. The molecule has 138 valence electrons. The van der Waals surface area contributed by atoms with Crippen molar-refractivity contribution in [3.05, 3.63) is 41.5 Å². The van der Waals surface area contributed by atoms with E-state index in [0.717, 1.165) is 11.1 Å². The predicted molar refractivity (Wildman–Crippen MR) is 91.5 cm³/mol. The van der Waals surface area contributed by atoms with Gasteiger partial charge in [-0.2, -0.15) is 13.2 Å². The number of benzene rings is 1. The first-order chi connectivity index (χ1) is 12.2. The van der Waals surface area contributed by atoms with Gasteiger partial charge in [-0.25, -0.2) is 15.0 Å². The smallest absolute Gasteiger partial charge is 0.451 e. The second-order valence-corrected chi connectivity index (χ2v) is 6.12. The van der Waals surface area contributed by atoms with Crippen molar-refractivity contribution >= 4 is 17.0 Å². The van der Waals surface area contributed by atoms with Crippen LogP contribution in [-0.2, 0) is 12.7 Å². The van der Waals surface area contributed by atoms with Crippen LogP contribution in [-0.4, -0.2) is 40.7 Å². The summed E-state index contributed by atoms with van der Waals surface area (Å²) in [7, 11) is 4.78. The van der Waals surface area contributed by atoms with E-state index in [0.29, 0.717) is 11.3 Å². The van der Waals surface area contributed by atoms with E-state index in [1.54, 1.807) is 25.8 Å². The fraction of sp³-hybridized carbons (Fsp3) is 0.353. The van der Waals surface area contributed by atoms with Crippen molar-refractivity contribution in [3.8, 4) is 5.75 Å². The number of ether oxygens (including phenoxy) is 1. The van der Waals surface area contributed by atoms with Crippen molar-refractivity contribution in [2.45, 2.75) is 19.6 Å². The molecule has 0 saturated carbocycles. The first-order valence-electron chi connectivity index (χ1n) is 7.81. The van der Waals surface area contributed by atoms with Crippen LogP contribution in [0.15, 0.2) is 24.5 Å². The Labute approximate surface area is 148 Å². The number of rotatable bonds is 4. The minimum absolute atomic E-state index is 0.122. The number of hydrogen-bond donors (Lipinski definition) is 0. The first kappa shape index (κ1) is 18.0. The summed E-state index contributed by atoms with van der Waals surface area (Å²) in [5.74, 6) is -0.409. The molecule has 1 aromatic carbocycles. The number of imidazole rings is 1. The molecule has 3 rings (SSSR count). The summed E-state index contributed by atoms with van der Waals surface area (Å²) in [5, 5.41) is 0. The molecule has 0 fully saturated rings. The van der Waals surface area contributed by atoms with Gasteiger partial charge < -0.3 is 14.2 Å². The number of fused-ring (bicyclic) bond motifs is 1. The third-order valence-electron chi connectivity index (χ3n) is 3.91. The van der Waals surface area contributed by atoms with Crippen LogP contribution in [0.3, 0.4) is 0 Å². The van der Waals surface area contributed by atoms with Crippen LogP contribution >= 0.6 is 0 Å². The summed E-state index contributed by atoms with van der Waals surface area (Å²) in [6.07, 6.45) is -3.18. The van der Waals surface area contributed by atoms with Gasteiger partial charge in [0, 0.05) is 19.7 Å². The summed E-state index contributed by atoms with van der Waals surface area (Å²) in [4.78, 5) is 13.1. The Kier molecular flexibility index (Phi) is 4.47. The van der Waals surface area contributed by atoms with Crippen LogP contribution in [0.5, 0.6) is 5.75 Å². The molecule has 0 atom stereocenters. The van der Waals surface area contributed by atoms with Gasteiger partial charge in [-0.3, -0.25) is 0 Å². The number of alkyl halides is 3. The van der Waals surface area contributed by atoms with Gasteiger partial charge in [0.1, 0.15) is 5.75 Å². The molecule has 26 heavy (non-hydrogen) atoms. The standard InChI is InChI=1S/C17H18F3N5O/c1-10-5-6-11(12(7-10)26-4)8-25-9-21-13-14(24(2)3)22-16(17(18,19)20)23-15(13)25/h5-7,9H,8H2,1-4H3. The van der Waals surface area contributed by atoms with E-state index in [1.165, 1.54) is 11.2 Å². The molecule has 0 amide bonds. The SMILES string of the molecule is COc1cc(C)ccc1Cn1cnc2c(N(C)C)nc(C(F)(F)F)nc21. The molecule has 2 aromatic heterocycles. The molecule has 0 spiro atoms. The summed E-state index contributed by atoms with van der Waals surface area (Å²) >= 11 is 0. The molecule has 0 N–H and O–H groups in total. The van der Waals surface area contributed by atoms with Crippen molar-refractivity contribution < 1.29 is 17.9 Å². The zero-order chi connectivity index (χ0) is 19.1. The summed E-state index contributed by atoms with van der Waals surface area (Å²) in [6, 6.07) is 5.66. The molecule has 9 heteroatoms. The highest BCUT2D eigenvalue weighted by Crippen LogP contribution is 2.31. The average molecular weight is 365 g/mol. The molecule has 3 aromatic rings. The zero-order valence-corrected chi connectivity index (χ0v) is 14.8. The molecule has 0 aliphatic rings. The number of nitrogens with zero attached hydrogens (tertiary/aromatic N) is 5. The summed E-state index contributed by atoms with van der Waals surface area (Å²) in [5.41, 5.74) is 2.28. The van der Waals surface area contributed by atoms with Crippen molar-refractivity contribution in [1.82, 2.24) is 19.5 Å². The van der Waals surface area contributed by atoms with Crippen LogP contribution in [0.4, 0.5) is 19.0 Å². The van der Waals surface area contributed by atoms with Gasteiger partial charge in [0.25, 0.3) is 0 Å². The Morgan fingerprint density at radius 1 is 1.19 bits per heavy atom. The highest BCUT2D eigenvalue weighted by atomic mass is 19.4. The van der Waals surface area contributed by atoms with Gasteiger partial charge in [0.15, 0.2) is 17.0 Å². The largest absolute Gasteiger partial charge is 0.496 e. The molecule has 2 heterocycles. The van der Waals surface area contributed by atoms with E-state index in [2.05, 4.69) is 15.0 Å². The van der Waals surface area contributed by atoms with Gasteiger partial charge >= 0.3 is 6.18 Å². The minimum atomic E-state index is -4.64. The molecule has 0 radical (unpaired) electrons. The minimum Gasteiger partial charge on any atom is -0.496 e. The monoisotopic (exact) mass is 365 g/mol. The number of aromatic nitrogens is 4. The molecule has 0 saturated heterocycles. The van der Waals surface area contributed by atoms with Gasteiger partial charge in [-0.1, -0.05) is 12.1 Å². The fourth-order valence-electron chi connectivity index (χ4n) is 2.65. The molecule has 0 aliphatic carbocycles. The highest BCUT2D eigenvalue weighted by Gasteiger charge is 2.36. The van der Waals surface area contributed by atoms with E-state index < -0.39 is 12.0 Å². The average Bonchev–Trinajstić information content (AvgIpc) is 2.97. The molecule has 0 bridgehead atoms. The van der Waals surface area contributed by atoms with Crippen LogP contribution in [0, 0.1) is 6.92 Å². The van der Waals surface area contributed by atoms with E-state index in [9.17, 15) is 13.2 Å². The van der Waals surface area contributed by atoms with Crippen LogP contribution in [0.25, 0.3) is 11.2 Å². The zero-order valence-electron chi connectivity index (χ0n) is 14.8. The number of halogens is 3. The Balaban J connectivity index is 2.14. The molecule has 0 aliphatic heterocycles. The maximum atomic E-state index is 13.2. The second kappa shape index (κ2) is 6.47. The Morgan fingerprint density at radius 3 is 2.54 bits per heavy atom. The summed E-state index contributed by atoms with van der Waals surface area (Å²) in [6.45, 7) is 2.21. The summed E-state index contributed by atoms with van der Waals surface area (Å²) < 4.78 is 46.5. The Bertz CT molecular complexity index is 949. The lowest BCUT2D eigenvalue weighted by Gasteiger charge is -2.15. The van der Waals surface area contributed by atoms with E-state index >= 15 is 0 Å². The van der Waals surface area contributed by atoms with Crippen LogP contribution < -0.4 is 9.64 Å². The lowest BCUT2D eigenvalue weighted by atomic mass is 10.1. The highest BCUT2D eigenvalue weighted by molar-refractivity contribution is 5.83. The quantitative estimate of drug-likeness (QED) is 0.710. The fourth-order valence-corrected chi connectivity index (χ4v) is 2.65. The molecular formula is C17H18F3N5O. The lowest BCUT2D eigenvalue weighted by molar-refractivity contribution is -0.144. The second-order valence-electron chi connectivity index (χ2n) is 6.12. The van der Waals surface area contributed by atoms with E-state index in [-0.39, 0.29) is 18.0 Å². The third-order valence-corrected chi connectivity index (χ3v) is 3.91. The third kappa shape index (κ3) is 3.29. The van der Waals surface area contributed by atoms with Gasteiger partial charge in [-0.05, 0) is 18.6 Å². The Morgan fingerprint density at radius 2 is 1.92 bits per heavy atom. The van der Waals surface area contributed by atoms with Gasteiger partial charge in [-0.15, -0.1) is 0 Å². The van der Waals surface area contributed by atoms with Crippen molar-refractivity contribution in [1.29, 1.82) is 0 Å². The molecular weight excluding hydrogens is 347 g/mol. The van der Waals surface area contributed by atoms with E-state index in [4.69, 9.17) is 4.74 Å².